The van der Waals surface area contributed by atoms with Crippen molar-refractivity contribution in [1.29, 1.82) is 0 Å². The molecule has 1 fully saturated rings. The lowest BCUT2D eigenvalue weighted by Gasteiger charge is -2.22. The highest BCUT2D eigenvalue weighted by molar-refractivity contribution is 5.87. The summed E-state index contributed by atoms with van der Waals surface area (Å²) in [5, 5.41) is 5.61. The maximum absolute atomic E-state index is 12.0. The summed E-state index contributed by atoms with van der Waals surface area (Å²) in [5.74, 6) is -0.212. The van der Waals surface area contributed by atoms with Crippen LogP contribution in [0.15, 0.2) is 0 Å². The van der Waals surface area contributed by atoms with Crippen LogP contribution < -0.4 is 10.6 Å². The first-order valence-electron chi connectivity index (χ1n) is 6.44. The second kappa shape index (κ2) is 6.18. The number of rotatable bonds is 7. The van der Waals surface area contributed by atoms with Crippen molar-refractivity contribution in [2.75, 3.05) is 20.3 Å². The number of carbonyl (C=O) groups is 2. The van der Waals surface area contributed by atoms with Crippen LogP contribution in [0.25, 0.3) is 0 Å². The lowest BCUT2D eigenvalue weighted by molar-refractivity contribution is -0.129. The van der Waals surface area contributed by atoms with E-state index in [0.29, 0.717) is 13.2 Å². The molecule has 0 aromatic heterocycles. The molecule has 5 nitrogen and oxygen atoms in total. The average molecular weight is 256 g/mol. The van der Waals surface area contributed by atoms with E-state index in [1.54, 1.807) is 7.11 Å². The lowest BCUT2D eigenvalue weighted by atomic mass is 10.0. The smallest absolute Gasteiger partial charge is 0.242 e. The van der Waals surface area contributed by atoms with Crippen molar-refractivity contribution >= 4 is 11.8 Å². The fourth-order valence-electron chi connectivity index (χ4n) is 1.99. The van der Waals surface area contributed by atoms with E-state index in [0.717, 1.165) is 12.8 Å². The Morgan fingerprint density at radius 3 is 2.33 bits per heavy atom. The van der Waals surface area contributed by atoms with Crippen molar-refractivity contribution in [3.8, 4) is 0 Å². The zero-order valence-electron chi connectivity index (χ0n) is 11.7. The van der Waals surface area contributed by atoms with Crippen LogP contribution in [0.3, 0.4) is 0 Å². The second-order valence-electron chi connectivity index (χ2n) is 5.57. The monoisotopic (exact) mass is 256 g/mol. The van der Waals surface area contributed by atoms with E-state index >= 15 is 0 Å². The summed E-state index contributed by atoms with van der Waals surface area (Å²) in [5.41, 5.74) is 0.127. The third-order valence-corrected chi connectivity index (χ3v) is 3.35. The van der Waals surface area contributed by atoms with Crippen LogP contribution in [0, 0.1) is 11.3 Å². The Morgan fingerprint density at radius 1 is 1.33 bits per heavy atom. The van der Waals surface area contributed by atoms with E-state index in [1.165, 1.54) is 6.92 Å². The topological polar surface area (TPSA) is 67.4 Å². The molecule has 1 aliphatic carbocycles. The van der Waals surface area contributed by atoms with Crippen molar-refractivity contribution in [1.82, 2.24) is 10.6 Å². The van der Waals surface area contributed by atoms with Crippen molar-refractivity contribution in [3.05, 3.63) is 0 Å². The van der Waals surface area contributed by atoms with Crippen LogP contribution in [0.5, 0.6) is 0 Å². The molecule has 1 saturated carbocycles. The summed E-state index contributed by atoms with van der Waals surface area (Å²) in [6.45, 7) is 6.57. The maximum Gasteiger partial charge on any atom is 0.242 e. The molecule has 1 atom stereocenters. The van der Waals surface area contributed by atoms with Crippen LogP contribution in [0.2, 0.25) is 0 Å². The number of hydrogen-bond donors (Lipinski definition) is 2. The molecule has 0 spiro atoms. The van der Waals surface area contributed by atoms with E-state index in [4.69, 9.17) is 4.74 Å². The first kappa shape index (κ1) is 15.0. The Balaban J connectivity index is 2.44. The standard InChI is InChI=1S/C13H24N2O3/c1-9(2)11(15-10(3)16)12(17)14-7-13(5-6-13)8-18-4/h9,11H,5-8H2,1-4H3,(H,14,17)(H,15,16). The Hall–Kier alpha value is -1.10. The first-order valence-corrected chi connectivity index (χ1v) is 6.44. The molecule has 2 amide bonds. The molecule has 104 valence electrons. The SMILES string of the molecule is COCC1(CNC(=O)C(NC(C)=O)C(C)C)CC1. The van der Waals surface area contributed by atoms with Gasteiger partial charge in [-0.15, -0.1) is 0 Å². The quantitative estimate of drug-likeness (QED) is 0.704. The van der Waals surface area contributed by atoms with Crippen molar-refractivity contribution in [2.45, 2.75) is 39.7 Å². The Morgan fingerprint density at radius 2 is 1.94 bits per heavy atom. The van der Waals surface area contributed by atoms with Crippen molar-refractivity contribution < 1.29 is 14.3 Å². The number of hydrogen-bond acceptors (Lipinski definition) is 3. The molecule has 0 heterocycles. The van der Waals surface area contributed by atoms with E-state index < -0.39 is 6.04 Å². The van der Waals surface area contributed by atoms with Gasteiger partial charge in [0.05, 0.1) is 6.61 Å². The van der Waals surface area contributed by atoms with Gasteiger partial charge in [0.15, 0.2) is 0 Å². The Labute approximate surface area is 109 Å². The van der Waals surface area contributed by atoms with Crippen molar-refractivity contribution in [2.24, 2.45) is 11.3 Å². The zero-order chi connectivity index (χ0) is 13.8. The second-order valence-corrected chi connectivity index (χ2v) is 5.57. The number of amides is 2. The van der Waals surface area contributed by atoms with E-state index in [1.807, 2.05) is 13.8 Å². The fraction of sp³-hybridized carbons (Fsp3) is 0.846. The van der Waals surface area contributed by atoms with Gasteiger partial charge >= 0.3 is 0 Å². The third kappa shape index (κ3) is 4.29. The minimum Gasteiger partial charge on any atom is -0.384 e. The Bertz CT molecular complexity index is 311. The number of carbonyl (C=O) groups excluding carboxylic acids is 2. The van der Waals surface area contributed by atoms with E-state index in [-0.39, 0.29) is 23.1 Å². The molecular weight excluding hydrogens is 232 g/mol. The van der Waals surface area contributed by atoms with Crippen LogP contribution >= 0.6 is 0 Å². The summed E-state index contributed by atoms with van der Waals surface area (Å²) in [6, 6.07) is -0.458. The normalized spacial score (nSPS) is 18.3. The lowest BCUT2D eigenvalue weighted by Crippen LogP contribution is -2.50. The van der Waals surface area contributed by atoms with E-state index in [9.17, 15) is 9.59 Å². The van der Waals surface area contributed by atoms with E-state index in [2.05, 4.69) is 10.6 Å². The molecular formula is C13H24N2O3. The van der Waals surface area contributed by atoms with Crippen LogP contribution in [-0.4, -0.2) is 38.1 Å². The number of ether oxygens (including phenoxy) is 1. The first-order chi connectivity index (χ1) is 8.40. The van der Waals surface area contributed by atoms with Gasteiger partial charge in [0.1, 0.15) is 6.04 Å². The predicted molar refractivity (Wildman–Crippen MR) is 69.0 cm³/mol. The highest BCUT2D eigenvalue weighted by Gasteiger charge is 2.43. The highest BCUT2D eigenvalue weighted by Crippen LogP contribution is 2.45. The van der Waals surface area contributed by atoms with Gasteiger partial charge in [-0.1, -0.05) is 13.8 Å². The van der Waals surface area contributed by atoms with Crippen molar-refractivity contribution in [3.63, 3.8) is 0 Å². The minimum absolute atomic E-state index is 0.0754. The molecule has 18 heavy (non-hydrogen) atoms. The van der Waals surface area contributed by atoms with Gasteiger partial charge in [0.25, 0.3) is 0 Å². The van der Waals surface area contributed by atoms with Gasteiger partial charge < -0.3 is 15.4 Å². The minimum atomic E-state index is -0.458. The van der Waals surface area contributed by atoms with Gasteiger partial charge in [0, 0.05) is 26.0 Å². The van der Waals surface area contributed by atoms with Crippen LogP contribution in [-0.2, 0) is 14.3 Å². The molecule has 1 rings (SSSR count). The predicted octanol–water partition coefficient (Wildman–Crippen LogP) is 0.690. The summed E-state index contributed by atoms with van der Waals surface area (Å²) < 4.78 is 5.15. The molecule has 0 aromatic rings. The maximum atomic E-state index is 12.0. The van der Waals surface area contributed by atoms with Gasteiger partial charge in [-0.3, -0.25) is 9.59 Å². The molecule has 2 N–H and O–H groups in total. The zero-order valence-corrected chi connectivity index (χ0v) is 11.7. The number of nitrogens with one attached hydrogen (secondary N) is 2. The summed E-state index contributed by atoms with van der Waals surface area (Å²) in [7, 11) is 1.68. The molecule has 1 aliphatic rings. The van der Waals surface area contributed by atoms with Crippen LogP contribution in [0.4, 0.5) is 0 Å². The summed E-state index contributed by atoms with van der Waals surface area (Å²) in [6.07, 6.45) is 2.18. The molecule has 0 aromatic carbocycles. The molecule has 0 saturated heterocycles. The molecule has 0 radical (unpaired) electrons. The van der Waals surface area contributed by atoms with Crippen LogP contribution in [0.1, 0.15) is 33.6 Å². The van der Waals surface area contributed by atoms with Gasteiger partial charge in [-0.2, -0.15) is 0 Å². The van der Waals surface area contributed by atoms with Gasteiger partial charge in [-0.05, 0) is 18.8 Å². The average Bonchev–Trinajstić information content (AvgIpc) is 3.03. The van der Waals surface area contributed by atoms with Gasteiger partial charge in [-0.25, -0.2) is 0 Å². The van der Waals surface area contributed by atoms with Gasteiger partial charge in [0.2, 0.25) is 11.8 Å². The fourth-order valence-corrected chi connectivity index (χ4v) is 1.99. The molecule has 5 heteroatoms. The molecule has 0 bridgehead atoms. The number of methoxy groups -OCH3 is 1. The largest absolute Gasteiger partial charge is 0.384 e. The summed E-state index contributed by atoms with van der Waals surface area (Å²) >= 11 is 0. The highest BCUT2D eigenvalue weighted by atomic mass is 16.5. The molecule has 0 aliphatic heterocycles. The molecule has 1 unspecified atom stereocenters. The Kier molecular flexibility index (Phi) is 5.14. The third-order valence-electron chi connectivity index (χ3n) is 3.35. The summed E-state index contributed by atoms with van der Waals surface area (Å²) in [4.78, 5) is 23.1.